The minimum Gasteiger partial charge on any atom is -0.497 e. The van der Waals surface area contributed by atoms with E-state index in [2.05, 4.69) is 5.32 Å². The number of benzene rings is 1. The summed E-state index contributed by atoms with van der Waals surface area (Å²) in [5.41, 5.74) is 1.13. The second kappa shape index (κ2) is 14.0. The van der Waals surface area contributed by atoms with E-state index in [4.69, 9.17) is 14.6 Å². The molecule has 0 bridgehead atoms. The molecule has 0 heterocycles. The molecule has 1 amide bonds. The molecule has 0 aliphatic heterocycles. The van der Waals surface area contributed by atoms with E-state index in [-0.39, 0.29) is 18.4 Å². The molecule has 0 spiro atoms. The number of unbranched alkanes of at least 4 members (excludes halogenated alkanes) is 4. The van der Waals surface area contributed by atoms with E-state index in [1.54, 1.807) is 7.11 Å². The number of rotatable bonds is 16. The minimum atomic E-state index is -0.886. The summed E-state index contributed by atoms with van der Waals surface area (Å²) in [5.74, 6) is -0.0984. The van der Waals surface area contributed by atoms with Gasteiger partial charge in [-0.1, -0.05) is 31.4 Å². The number of aliphatic carboxylic acids is 1. The van der Waals surface area contributed by atoms with Crippen LogP contribution in [0.5, 0.6) is 5.75 Å². The van der Waals surface area contributed by atoms with Gasteiger partial charge in [-0.25, -0.2) is 0 Å². The normalized spacial score (nSPS) is 12.4. The summed E-state index contributed by atoms with van der Waals surface area (Å²) < 4.78 is 11.4. The van der Waals surface area contributed by atoms with Gasteiger partial charge in [0, 0.05) is 13.0 Å². The fourth-order valence-electron chi connectivity index (χ4n) is 3.26. The van der Waals surface area contributed by atoms with Crippen molar-refractivity contribution in [3.05, 3.63) is 29.8 Å². The largest absolute Gasteiger partial charge is 0.497 e. The first-order chi connectivity index (χ1) is 14.2. The fraction of sp³-hybridized carbons (Fsp3) is 0.652. The molecule has 2 N–H and O–H groups in total. The molecule has 1 rings (SSSR count). The summed E-state index contributed by atoms with van der Waals surface area (Å²) >= 11 is 0. The van der Waals surface area contributed by atoms with Crippen molar-refractivity contribution in [2.45, 2.75) is 57.6 Å². The first kappa shape index (κ1) is 25.9. The number of carbonyl (C=O) groups excluding carboxylic acids is 1. The Balaban J connectivity index is 2.07. The van der Waals surface area contributed by atoms with E-state index in [0.29, 0.717) is 24.1 Å². The number of methoxy groups -OCH3 is 1. The van der Waals surface area contributed by atoms with Gasteiger partial charge in [-0.15, -0.1) is 0 Å². The molecule has 0 aromatic heterocycles. The Hall–Kier alpha value is -2.12. The average molecular weight is 424 g/mol. The summed E-state index contributed by atoms with van der Waals surface area (Å²) in [4.78, 5) is 23.1. The summed E-state index contributed by atoms with van der Waals surface area (Å²) in [5, 5.41) is 11.9. The van der Waals surface area contributed by atoms with Crippen LogP contribution in [-0.4, -0.2) is 68.9 Å². The van der Waals surface area contributed by atoms with Gasteiger partial charge < -0.3 is 24.4 Å². The number of amides is 1. The van der Waals surface area contributed by atoms with Crippen LogP contribution in [0, 0.1) is 0 Å². The number of likely N-dealkylation sites (N-methyl/N-ethyl adjacent to an activating group) is 1. The Labute approximate surface area is 180 Å². The van der Waals surface area contributed by atoms with Crippen molar-refractivity contribution < 1.29 is 28.7 Å². The van der Waals surface area contributed by atoms with E-state index < -0.39 is 5.97 Å². The number of hydrogen-bond acceptors (Lipinski definition) is 4. The topological polar surface area (TPSA) is 84.9 Å². The zero-order chi connectivity index (χ0) is 22.4. The molecule has 1 atom stereocenters. The molecule has 1 unspecified atom stereocenters. The maximum atomic E-state index is 12.1. The maximum absolute atomic E-state index is 12.1. The lowest BCUT2D eigenvalue weighted by atomic mass is 10.1. The molecule has 1 aromatic rings. The standard InChI is InChI=1S/C23H38N2O5/c1-25(2,3)17-20(16-23(27)28)24-22(26)10-8-6-5-7-9-15-30-18-19-11-13-21(29-4)14-12-19/h11-14,20H,5-10,15-18H2,1-4H3,(H-,24,26,27,28)/p+1. The molecule has 30 heavy (non-hydrogen) atoms. The van der Waals surface area contributed by atoms with Gasteiger partial charge in [-0.05, 0) is 30.5 Å². The lowest BCUT2D eigenvalue weighted by Gasteiger charge is -2.29. The molecule has 0 aliphatic carbocycles. The molecule has 0 radical (unpaired) electrons. The van der Waals surface area contributed by atoms with Gasteiger partial charge in [0.25, 0.3) is 0 Å². The van der Waals surface area contributed by atoms with Gasteiger partial charge in [0.05, 0.1) is 53.9 Å². The lowest BCUT2D eigenvalue weighted by Crippen LogP contribution is -2.49. The summed E-state index contributed by atoms with van der Waals surface area (Å²) in [6, 6.07) is 7.54. The Bertz CT molecular complexity index is 625. The number of hydrogen-bond donors (Lipinski definition) is 2. The highest BCUT2D eigenvalue weighted by Crippen LogP contribution is 2.12. The summed E-state index contributed by atoms with van der Waals surface area (Å²) in [7, 11) is 7.62. The fourth-order valence-corrected chi connectivity index (χ4v) is 3.26. The van der Waals surface area contributed by atoms with Crippen LogP contribution in [0.4, 0.5) is 0 Å². The third-order valence-electron chi connectivity index (χ3n) is 4.67. The molecular weight excluding hydrogens is 384 g/mol. The Morgan fingerprint density at radius 2 is 1.67 bits per heavy atom. The molecular formula is C23H39N2O5+. The van der Waals surface area contributed by atoms with Crippen molar-refractivity contribution in [2.75, 3.05) is 41.4 Å². The van der Waals surface area contributed by atoms with Crippen molar-refractivity contribution in [1.82, 2.24) is 5.32 Å². The molecule has 170 valence electrons. The van der Waals surface area contributed by atoms with Crippen molar-refractivity contribution in [3.63, 3.8) is 0 Å². The number of carboxylic acids is 1. The second-order valence-electron chi connectivity index (χ2n) is 8.75. The smallest absolute Gasteiger partial charge is 0.305 e. The number of ether oxygens (including phenoxy) is 2. The number of carbonyl (C=O) groups is 2. The first-order valence-electron chi connectivity index (χ1n) is 10.7. The zero-order valence-electron chi connectivity index (χ0n) is 19.0. The Kier molecular flexibility index (Phi) is 12.1. The molecule has 1 aromatic carbocycles. The van der Waals surface area contributed by atoms with Crippen LogP contribution in [0.25, 0.3) is 0 Å². The quantitative estimate of drug-likeness (QED) is 0.315. The second-order valence-corrected chi connectivity index (χ2v) is 8.75. The molecule has 7 nitrogen and oxygen atoms in total. The highest BCUT2D eigenvalue weighted by molar-refractivity contribution is 5.77. The van der Waals surface area contributed by atoms with Crippen LogP contribution in [0.15, 0.2) is 24.3 Å². The van der Waals surface area contributed by atoms with E-state index in [1.165, 1.54) is 0 Å². The van der Waals surface area contributed by atoms with Crippen molar-refractivity contribution in [2.24, 2.45) is 0 Å². The highest BCUT2D eigenvalue weighted by atomic mass is 16.5. The van der Waals surface area contributed by atoms with Crippen LogP contribution in [-0.2, 0) is 20.9 Å². The van der Waals surface area contributed by atoms with Crippen molar-refractivity contribution >= 4 is 11.9 Å². The lowest BCUT2D eigenvalue weighted by molar-refractivity contribution is -0.871. The van der Waals surface area contributed by atoms with Crippen LogP contribution in [0.1, 0.15) is 50.5 Å². The third-order valence-corrected chi connectivity index (χ3v) is 4.67. The van der Waals surface area contributed by atoms with Crippen LogP contribution < -0.4 is 10.1 Å². The van der Waals surface area contributed by atoms with Gasteiger partial charge in [-0.2, -0.15) is 0 Å². The number of nitrogens with zero attached hydrogens (tertiary/aromatic N) is 1. The molecule has 0 aliphatic rings. The SMILES string of the molecule is COc1ccc(COCCCCCCCC(=O)NC(CC(=O)O)C[N+](C)(C)C)cc1. The Morgan fingerprint density at radius 3 is 2.27 bits per heavy atom. The molecule has 0 saturated carbocycles. The van der Waals surface area contributed by atoms with E-state index in [0.717, 1.165) is 50.0 Å². The first-order valence-corrected chi connectivity index (χ1v) is 10.7. The predicted molar refractivity (Wildman–Crippen MR) is 117 cm³/mol. The summed E-state index contributed by atoms with van der Waals surface area (Å²) in [6.07, 6.45) is 5.36. The average Bonchev–Trinajstić information content (AvgIpc) is 2.65. The highest BCUT2D eigenvalue weighted by Gasteiger charge is 2.22. The van der Waals surface area contributed by atoms with E-state index in [1.807, 2.05) is 45.4 Å². The molecule has 0 saturated heterocycles. The van der Waals surface area contributed by atoms with Gasteiger partial charge >= 0.3 is 5.97 Å². The number of nitrogens with one attached hydrogen (secondary N) is 1. The zero-order valence-corrected chi connectivity index (χ0v) is 19.0. The van der Waals surface area contributed by atoms with Gasteiger partial charge in [0.15, 0.2) is 0 Å². The predicted octanol–water partition coefficient (Wildman–Crippen LogP) is 3.22. The third kappa shape index (κ3) is 13.2. The van der Waals surface area contributed by atoms with Gasteiger partial charge in [-0.3, -0.25) is 9.59 Å². The van der Waals surface area contributed by atoms with Gasteiger partial charge in [0.1, 0.15) is 5.75 Å². The minimum absolute atomic E-state index is 0.0439. The van der Waals surface area contributed by atoms with Crippen LogP contribution in [0.3, 0.4) is 0 Å². The van der Waals surface area contributed by atoms with Crippen molar-refractivity contribution in [1.29, 1.82) is 0 Å². The van der Waals surface area contributed by atoms with Crippen molar-refractivity contribution in [3.8, 4) is 5.75 Å². The maximum Gasteiger partial charge on any atom is 0.305 e. The van der Waals surface area contributed by atoms with Crippen LogP contribution >= 0.6 is 0 Å². The monoisotopic (exact) mass is 423 g/mol. The summed E-state index contributed by atoms with van der Waals surface area (Å²) in [6.45, 7) is 1.93. The van der Waals surface area contributed by atoms with E-state index >= 15 is 0 Å². The van der Waals surface area contributed by atoms with Crippen LogP contribution in [0.2, 0.25) is 0 Å². The number of quaternary nitrogens is 1. The Morgan fingerprint density at radius 1 is 1.03 bits per heavy atom. The van der Waals surface area contributed by atoms with Gasteiger partial charge in [0.2, 0.25) is 5.91 Å². The van der Waals surface area contributed by atoms with E-state index in [9.17, 15) is 9.59 Å². The molecule has 0 fully saturated rings. The molecule has 7 heteroatoms. The number of carboxylic acid groups (broad SMARTS) is 1.